The van der Waals surface area contributed by atoms with E-state index in [0.29, 0.717) is 18.0 Å². The van der Waals surface area contributed by atoms with Gasteiger partial charge in [-0.05, 0) is 67.9 Å². The predicted octanol–water partition coefficient (Wildman–Crippen LogP) is 4.21. The minimum absolute atomic E-state index is 0.0573. The molecule has 0 aliphatic rings. The van der Waals surface area contributed by atoms with Crippen LogP contribution in [0.2, 0.25) is 0 Å². The molecule has 196 valence electrons. The molecule has 3 aromatic carbocycles. The molecule has 3 rings (SSSR count). The molecule has 0 aliphatic carbocycles. The molecule has 0 radical (unpaired) electrons. The van der Waals surface area contributed by atoms with Crippen LogP contribution in [0.4, 0.5) is 5.69 Å². The third kappa shape index (κ3) is 7.11. The predicted molar refractivity (Wildman–Crippen MR) is 147 cm³/mol. The number of ether oxygens (including phenoxy) is 1. The van der Waals surface area contributed by atoms with Crippen LogP contribution in [0.5, 0.6) is 5.75 Å². The van der Waals surface area contributed by atoms with Gasteiger partial charge in [0.2, 0.25) is 11.8 Å². The quantitative estimate of drug-likeness (QED) is 0.362. The molecular weight excluding hydrogens is 558 g/mol. The Morgan fingerprint density at radius 1 is 1.00 bits per heavy atom. The van der Waals surface area contributed by atoms with Gasteiger partial charge in [0.15, 0.2) is 0 Å². The standard InChI is InChI=1S/C27H30BrN3O5S/c1-4-29-27(33)20(2)30(18-21-9-8-10-24(17-21)36-3)26(32)19-31(23-15-13-22(28)14-16-23)37(34,35)25-11-6-5-7-12-25/h5-17,20H,4,18-19H2,1-3H3,(H,29,33)/t20-/m0/s1. The topological polar surface area (TPSA) is 96.0 Å². The molecule has 0 bridgehead atoms. The Balaban J connectivity index is 2.01. The molecule has 0 fully saturated rings. The van der Waals surface area contributed by atoms with Gasteiger partial charge in [0.05, 0.1) is 17.7 Å². The lowest BCUT2D eigenvalue weighted by molar-refractivity contribution is -0.139. The van der Waals surface area contributed by atoms with Crippen LogP contribution >= 0.6 is 15.9 Å². The summed E-state index contributed by atoms with van der Waals surface area (Å²) in [7, 11) is -2.54. The summed E-state index contributed by atoms with van der Waals surface area (Å²) in [6.45, 7) is 3.41. The van der Waals surface area contributed by atoms with E-state index in [1.54, 1.807) is 81.6 Å². The number of amides is 2. The Labute approximate surface area is 226 Å². The van der Waals surface area contributed by atoms with Crippen molar-refractivity contribution in [2.75, 3.05) is 24.5 Å². The number of halogens is 1. The number of rotatable bonds is 11. The van der Waals surface area contributed by atoms with Gasteiger partial charge in [0, 0.05) is 17.6 Å². The molecule has 2 amide bonds. The highest BCUT2D eigenvalue weighted by Gasteiger charge is 2.32. The summed E-state index contributed by atoms with van der Waals surface area (Å²) in [5, 5.41) is 2.74. The van der Waals surface area contributed by atoms with Crippen LogP contribution in [0.1, 0.15) is 19.4 Å². The van der Waals surface area contributed by atoms with Crippen LogP contribution in [0, 0.1) is 0 Å². The Morgan fingerprint density at radius 3 is 2.30 bits per heavy atom. The van der Waals surface area contributed by atoms with Crippen LogP contribution in [0.3, 0.4) is 0 Å². The Bertz CT molecular complexity index is 1320. The number of carbonyl (C=O) groups excluding carboxylic acids is 2. The summed E-state index contributed by atoms with van der Waals surface area (Å²) in [6, 6.07) is 20.9. The van der Waals surface area contributed by atoms with E-state index in [4.69, 9.17) is 4.74 Å². The molecule has 1 N–H and O–H groups in total. The van der Waals surface area contributed by atoms with Crippen molar-refractivity contribution in [2.45, 2.75) is 31.3 Å². The average Bonchev–Trinajstić information content (AvgIpc) is 2.91. The van der Waals surface area contributed by atoms with Gasteiger partial charge in [-0.15, -0.1) is 0 Å². The zero-order valence-electron chi connectivity index (χ0n) is 20.9. The zero-order valence-corrected chi connectivity index (χ0v) is 23.3. The van der Waals surface area contributed by atoms with Gasteiger partial charge in [0.25, 0.3) is 10.0 Å². The lowest BCUT2D eigenvalue weighted by Crippen LogP contribution is -2.51. The fraction of sp³-hybridized carbons (Fsp3) is 0.259. The number of sulfonamides is 1. The maximum Gasteiger partial charge on any atom is 0.264 e. The number of carbonyl (C=O) groups is 2. The van der Waals surface area contributed by atoms with E-state index >= 15 is 0 Å². The van der Waals surface area contributed by atoms with E-state index in [-0.39, 0.29) is 17.3 Å². The normalized spacial score (nSPS) is 11.9. The Morgan fingerprint density at radius 2 is 1.68 bits per heavy atom. The smallest absolute Gasteiger partial charge is 0.264 e. The Kier molecular flexibility index (Phi) is 9.71. The number of methoxy groups -OCH3 is 1. The third-order valence-corrected chi connectivity index (χ3v) is 8.05. The second kappa shape index (κ2) is 12.7. The van der Waals surface area contributed by atoms with Crippen LogP contribution in [0.15, 0.2) is 88.2 Å². The summed E-state index contributed by atoms with van der Waals surface area (Å²) in [5.41, 5.74) is 1.07. The second-order valence-corrected chi connectivity index (χ2v) is 11.0. The molecule has 0 saturated heterocycles. The number of nitrogens with zero attached hydrogens (tertiary/aromatic N) is 2. The molecule has 37 heavy (non-hydrogen) atoms. The fourth-order valence-electron chi connectivity index (χ4n) is 3.73. The maximum atomic E-state index is 13.8. The van der Waals surface area contributed by atoms with Crippen molar-refractivity contribution in [3.63, 3.8) is 0 Å². The highest BCUT2D eigenvalue weighted by molar-refractivity contribution is 9.10. The zero-order chi connectivity index (χ0) is 27.0. The van der Waals surface area contributed by atoms with Crippen molar-refractivity contribution >= 4 is 43.5 Å². The lowest BCUT2D eigenvalue weighted by atomic mass is 10.1. The first-order valence-electron chi connectivity index (χ1n) is 11.7. The van der Waals surface area contributed by atoms with Gasteiger partial charge < -0.3 is 15.0 Å². The van der Waals surface area contributed by atoms with Crippen molar-refractivity contribution in [1.82, 2.24) is 10.2 Å². The highest BCUT2D eigenvalue weighted by Crippen LogP contribution is 2.26. The minimum Gasteiger partial charge on any atom is -0.497 e. The third-order valence-electron chi connectivity index (χ3n) is 5.73. The van der Waals surface area contributed by atoms with E-state index in [1.807, 2.05) is 6.07 Å². The highest BCUT2D eigenvalue weighted by atomic mass is 79.9. The first-order valence-corrected chi connectivity index (χ1v) is 13.9. The molecule has 0 unspecified atom stereocenters. The van der Waals surface area contributed by atoms with Crippen molar-refractivity contribution < 1.29 is 22.7 Å². The number of nitrogens with one attached hydrogen (secondary N) is 1. The number of hydrogen-bond acceptors (Lipinski definition) is 5. The van der Waals surface area contributed by atoms with Crippen LogP contribution in [-0.2, 0) is 26.2 Å². The van der Waals surface area contributed by atoms with E-state index in [0.717, 1.165) is 14.3 Å². The summed E-state index contributed by atoms with van der Waals surface area (Å²) in [5.74, 6) is -0.248. The SMILES string of the molecule is CCNC(=O)[C@H](C)N(Cc1cccc(OC)c1)C(=O)CN(c1ccc(Br)cc1)S(=O)(=O)c1ccccc1. The Hall–Kier alpha value is -3.37. The van der Waals surface area contributed by atoms with Gasteiger partial charge in [-0.3, -0.25) is 13.9 Å². The minimum atomic E-state index is -4.09. The van der Waals surface area contributed by atoms with Crippen molar-refractivity contribution in [2.24, 2.45) is 0 Å². The van der Waals surface area contributed by atoms with E-state index in [9.17, 15) is 18.0 Å². The average molecular weight is 589 g/mol. The van der Waals surface area contributed by atoms with Gasteiger partial charge in [0.1, 0.15) is 18.3 Å². The van der Waals surface area contributed by atoms with Gasteiger partial charge in [-0.1, -0.05) is 46.3 Å². The molecule has 0 aromatic heterocycles. The molecule has 8 nitrogen and oxygen atoms in total. The molecule has 3 aromatic rings. The van der Waals surface area contributed by atoms with E-state index < -0.39 is 28.5 Å². The summed E-state index contributed by atoms with van der Waals surface area (Å²) in [4.78, 5) is 28.0. The van der Waals surface area contributed by atoms with Crippen molar-refractivity contribution in [3.8, 4) is 5.75 Å². The number of hydrogen-bond donors (Lipinski definition) is 1. The van der Waals surface area contributed by atoms with E-state index in [2.05, 4.69) is 21.2 Å². The van der Waals surface area contributed by atoms with Crippen molar-refractivity contribution in [3.05, 3.63) is 88.9 Å². The molecule has 0 spiro atoms. The first-order chi connectivity index (χ1) is 17.7. The van der Waals surface area contributed by atoms with Gasteiger partial charge in [-0.2, -0.15) is 0 Å². The van der Waals surface area contributed by atoms with Crippen LogP contribution in [0.25, 0.3) is 0 Å². The van der Waals surface area contributed by atoms with Crippen molar-refractivity contribution in [1.29, 1.82) is 0 Å². The molecular formula is C27H30BrN3O5S. The molecule has 1 atom stereocenters. The largest absolute Gasteiger partial charge is 0.497 e. The number of anilines is 1. The number of benzene rings is 3. The lowest BCUT2D eigenvalue weighted by Gasteiger charge is -2.32. The first kappa shape index (κ1) is 28.2. The van der Waals surface area contributed by atoms with E-state index in [1.165, 1.54) is 17.0 Å². The number of likely N-dealkylation sites (N-methyl/N-ethyl adjacent to an activating group) is 1. The maximum absolute atomic E-state index is 13.8. The molecule has 10 heteroatoms. The molecule has 0 aliphatic heterocycles. The monoisotopic (exact) mass is 587 g/mol. The van der Waals surface area contributed by atoms with Gasteiger partial charge in [-0.25, -0.2) is 8.42 Å². The summed E-state index contributed by atoms with van der Waals surface area (Å²) < 4.78 is 34.5. The van der Waals surface area contributed by atoms with Crippen LogP contribution in [-0.4, -0.2) is 51.4 Å². The molecule has 0 heterocycles. The second-order valence-electron chi connectivity index (χ2n) is 8.24. The van der Waals surface area contributed by atoms with Gasteiger partial charge >= 0.3 is 0 Å². The molecule has 0 saturated carbocycles. The summed E-state index contributed by atoms with van der Waals surface area (Å²) >= 11 is 3.36. The fourth-order valence-corrected chi connectivity index (χ4v) is 5.43. The van der Waals surface area contributed by atoms with Crippen LogP contribution < -0.4 is 14.4 Å². The summed E-state index contributed by atoms with van der Waals surface area (Å²) in [6.07, 6.45) is 0.